The maximum atomic E-state index is 13.7. The molecule has 3 rings (SSSR count). The van der Waals surface area contributed by atoms with Crippen molar-refractivity contribution in [2.24, 2.45) is 5.14 Å². The molecule has 2 aromatic carbocycles. The van der Waals surface area contributed by atoms with E-state index in [1.807, 2.05) is 4.90 Å². The first-order valence-corrected chi connectivity index (χ1v) is 10.6. The summed E-state index contributed by atoms with van der Waals surface area (Å²) in [5.74, 6) is -1.42. The minimum atomic E-state index is -3.76. The fourth-order valence-corrected chi connectivity index (χ4v) is 3.50. The molecule has 0 aromatic heterocycles. The van der Waals surface area contributed by atoms with Crippen molar-refractivity contribution in [3.05, 3.63) is 54.1 Å². The van der Waals surface area contributed by atoms with E-state index in [-0.39, 0.29) is 17.3 Å². The van der Waals surface area contributed by atoms with Crippen LogP contribution in [0, 0.1) is 11.6 Å². The third-order valence-electron chi connectivity index (χ3n) is 4.18. The lowest BCUT2D eigenvalue weighted by molar-refractivity contribution is -0.0286. The topological polar surface area (TPSA) is 93.9 Å². The highest BCUT2D eigenvalue weighted by Gasteiger charge is 2.23. The summed E-state index contributed by atoms with van der Waals surface area (Å²) in [7, 11) is -3.76. The van der Waals surface area contributed by atoms with Crippen LogP contribution in [0.2, 0.25) is 0 Å². The van der Waals surface area contributed by atoms with Crippen molar-refractivity contribution < 1.29 is 26.7 Å². The number of halogens is 2. The largest absolute Gasteiger partial charge is 0.488 e. The SMILES string of the molecule is NS(=O)(=O)c1ccc(NC(=S)N2CCOC(COc3cc(F)ccc3F)C2)cc1. The smallest absolute Gasteiger partial charge is 0.238 e. The maximum absolute atomic E-state index is 13.7. The third-order valence-corrected chi connectivity index (χ3v) is 5.47. The van der Waals surface area contributed by atoms with Crippen LogP contribution in [0.4, 0.5) is 14.5 Å². The summed E-state index contributed by atoms with van der Waals surface area (Å²) < 4.78 is 60.4. The van der Waals surface area contributed by atoms with Gasteiger partial charge in [-0.2, -0.15) is 0 Å². The van der Waals surface area contributed by atoms with Crippen molar-refractivity contribution in [2.75, 3.05) is 31.6 Å². The number of rotatable bonds is 5. The van der Waals surface area contributed by atoms with Gasteiger partial charge in [-0.3, -0.25) is 0 Å². The highest BCUT2D eigenvalue weighted by atomic mass is 32.2. The molecule has 1 heterocycles. The van der Waals surface area contributed by atoms with E-state index >= 15 is 0 Å². The van der Waals surface area contributed by atoms with Crippen molar-refractivity contribution in [2.45, 2.75) is 11.0 Å². The molecule has 0 radical (unpaired) electrons. The van der Waals surface area contributed by atoms with Gasteiger partial charge in [0.2, 0.25) is 10.0 Å². The Balaban J connectivity index is 1.55. The number of sulfonamides is 1. The second-order valence-corrected chi connectivity index (χ2v) is 8.27. The number of morpholine rings is 1. The monoisotopic (exact) mass is 443 g/mol. The first kappa shape index (κ1) is 21.4. The molecule has 1 atom stereocenters. The van der Waals surface area contributed by atoms with Gasteiger partial charge in [-0.1, -0.05) is 0 Å². The van der Waals surface area contributed by atoms with Crippen molar-refractivity contribution in [3.63, 3.8) is 0 Å². The number of thiocarbonyl (C=S) groups is 1. The molecule has 1 fully saturated rings. The standard InChI is InChI=1S/C18H19F2N3O4S2/c19-12-1-6-16(20)17(9-12)27-11-14-10-23(7-8-26-14)18(28)22-13-2-4-15(5-3-13)29(21,24)25/h1-6,9,14H,7-8,10-11H2,(H,22,28)(H2,21,24,25). The second kappa shape index (κ2) is 8.99. The zero-order valence-corrected chi connectivity index (χ0v) is 16.8. The molecule has 2 aromatic rings. The van der Waals surface area contributed by atoms with E-state index in [0.717, 1.165) is 18.2 Å². The first-order chi connectivity index (χ1) is 13.7. The van der Waals surface area contributed by atoms with Gasteiger partial charge in [0, 0.05) is 24.8 Å². The molecular weight excluding hydrogens is 424 g/mol. The fraction of sp³-hybridized carbons (Fsp3) is 0.278. The Hall–Kier alpha value is -2.34. The number of nitrogens with zero attached hydrogens (tertiary/aromatic N) is 1. The Bertz CT molecular complexity index is 987. The molecule has 0 amide bonds. The van der Waals surface area contributed by atoms with Gasteiger partial charge < -0.3 is 19.7 Å². The van der Waals surface area contributed by atoms with Crippen LogP contribution >= 0.6 is 12.2 Å². The van der Waals surface area contributed by atoms with E-state index in [9.17, 15) is 17.2 Å². The van der Waals surface area contributed by atoms with Crippen LogP contribution in [0.3, 0.4) is 0 Å². The number of nitrogens with two attached hydrogens (primary N) is 1. The molecule has 0 bridgehead atoms. The summed E-state index contributed by atoms with van der Waals surface area (Å²) in [5, 5.41) is 8.51. The Morgan fingerprint density at radius 2 is 2.00 bits per heavy atom. The van der Waals surface area contributed by atoms with Gasteiger partial charge in [0.15, 0.2) is 16.7 Å². The third kappa shape index (κ3) is 5.82. The quantitative estimate of drug-likeness (QED) is 0.684. The number of anilines is 1. The van der Waals surface area contributed by atoms with E-state index in [0.29, 0.717) is 30.5 Å². The van der Waals surface area contributed by atoms with Gasteiger partial charge >= 0.3 is 0 Å². The predicted octanol–water partition coefficient (Wildman–Crippen LogP) is 2.09. The van der Waals surface area contributed by atoms with E-state index in [1.54, 1.807) is 12.1 Å². The van der Waals surface area contributed by atoms with E-state index in [4.69, 9.17) is 26.8 Å². The van der Waals surface area contributed by atoms with Crippen LogP contribution in [0.25, 0.3) is 0 Å². The fourth-order valence-electron chi connectivity index (χ4n) is 2.71. The van der Waals surface area contributed by atoms with E-state index in [1.165, 1.54) is 12.1 Å². The van der Waals surface area contributed by atoms with Crippen molar-refractivity contribution in [1.29, 1.82) is 0 Å². The second-order valence-electron chi connectivity index (χ2n) is 6.32. The van der Waals surface area contributed by atoms with Gasteiger partial charge in [0.25, 0.3) is 0 Å². The van der Waals surface area contributed by atoms with Crippen molar-refractivity contribution in [1.82, 2.24) is 4.90 Å². The van der Waals surface area contributed by atoms with Crippen LogP contribution in [0.15, 0.2) is 47.4 Å². The van der Waals surface area contributed by atoms with Gasteiger partial charge in [-0.15, -0.1) is 0 Å². The number of ether oxygens (including phenoxy) is 2. The van der Waals surface area contributed by atoms with Crippen molar-refractivity contribution in [3.8, 4) is 5.75 Å². The number of nitrogens with one attached hydrogen (secondary N) is 1. The van der Waals surface area contributed by atoms with Crippen molar-refractivity contribution >= 4 is 33.0 Å². The molecule has 0 spiro atoms. The van der Waals surface area contributed by atoms with Gasteiger partial charge in [-0.25, -0.2) is 22.3 Å². The lowest BCUT2D eigenvalue weighted by Gasteiger charge is -2.34. The Morgan fingerprint density at radius 1 is 1.28 bits per heavy atom. The molecule has 3 N–H and O–H groups in total. The highest BCUT2D eigenvalue weighted by molar-refractivity contribution is 7.89. The van der Waals surface area contributed by atoms with Gasteiger partial charge in [-0.05, 0) is 48.6 Å². The predicted molar refractivity (Wildman–Crippen MR) is 107 cm³/mol. The summed E-state index contributed by atoms with van der Waals surface area (Å²) in [4.78, 5) is 1.85. The minimum Gasteiger partial charge on any atom is -0.488 e. The van der Waals surface area contributed by atoms with Crippen LogP contribution in [0.5, 0.6) is 5.75 Å². The number of benzene rings is 2. The molecule has 7 nitrogen and oxygen atoms in total. The summed E-state index contributed by atoms with van der Waals surface area (Å²) in [6.45, 7) is 1.33. The summed E-state index contributed by atoms with van der Waals surface area (Å²) in [5.41, 5.74) is 0.600. The lowest BCUT2D eigenvalue weighted by Crippen LogP contribution is -2.49. The number of hydrogen-bond acceptors (Lipinski definition) is 5. The Labute approximate surface area is 172 Å². The minimum absolute atomic E-state index is 0.00198. The Kier molecular flexibility index (Phi) is 6.63. The number of primary sulfonamides is 1. The Morgan fingerprint density at radius 3 is 2.69 bits per heavy atom. The van der Waals surface area contributed by atoms with E-state index in [2.05, 4.69) is 5.32 Å². The highest BCUT2D eigenvalue weighted by Crippen LogP contribution is 2.19. The molecule has 1 aliphatic rings. The average molecular weight is 443 g/mol. The first-order valence-electron chi connectivity index (χ1n) is 8.60. The van der Waals surface area contributed by atoms with Crippen LogP contribution in [-0.2, 0) is 14.8 Å². The zero-order valence-electron chi connectivity index (χ0n) is 15.2. The summed E-state index contributed by atoms with van der Waals surface area (Å²) in [6.07, 6.45) is -0.393. The maximum Gasteiger partial charge on any atom is 0.238 e. The van der Waals surface area contributed by atoms with Gasteiger partial charge in [0.1, 0.15) is 18.5 Å². The summed E-state index contributed by atoms with van der Waals surface area (Å²) in [6, 6.07) is 8.86. The van der Waals surface area contributed by atoms with E-state index < -0.39 is 27.8 Å². The molecule has 29 heavy (non-hydrogen) atoms. The number of hydrogen-bond donors (Lipinski definition) is 2. The zero-order chi connectivity index (χ0) is 21.0. The van der Waals surface area contributed by atoms with Gasteiger partial charge in [0.05, 0.1) is 11.5 Å². The molecule has 0 saturated carbocycles. The summed E-state index contributed by atoms with van der Waals surface area (Å²) >= 11 is 5.40. The normalized spacial score (nSPS) is 17.1. The lowest BCUT2D eigenvalue weighted by atomic mass is 10.3. The molecule has 1 saturated heterocycles. The molecule has 156 valence electrons. The molecule has 11 heteroatoms. The van der Waals surface area contributed by atoms with Crippen LogP contribution in [0.1, 0.15) is 0 Å². The molecule has 1 aliphatic heterocycles. The average Bonchev–Trinajstić information content (AvgIpc) is 2.68. The molecular formula is C18H19F2N3O4S2. The molecule has 0 aliphatic carbocycles. The van der Waals surface area contributed by atoms with Crippen LogP contribution < -0.4 is 15.2 Å². The van der Waals surface area contributed by atoms with Crippen LogP contribution in [-0.4, -0.2) is 50.8 Å². The molecule has 1 unspecified atom stereocenters.